The predicted molar refractivity (Wildman–Crippen MR) is 107 cm³/mol. The van der Waals surface area contributed by atoms with E-state index in [0.29, 0.717) is 18.0 Å². The Labute approximate surface area is 157 Å². The summed E-state index contributed by atoms with van der Waals surface area (Å²) in [5.74, 6) is 1.20. The molecule has 2 N–H and O–H groups in total. The van der Waals surface area contributed by atoms with Gasteiger partial charge in [-0.2, -0.15) is 0 Å². The van der Waals surface area contributed by atoms with Gasteiger partial charge in [0.15, 0.2) is 5.96 Å². The van der Waals surface area contributed by atoms with Crippen LogP contribution in [0.5, 0.6) is 0 Å². The largest absolute Gasteiger partial charge is 0.357 e. The Bertz CT molecular complexity index is 582. The summed E-state index contributed by atoms with van der Waals surface area (Å²) in [4.78, 5) is 9.56. The van der Waals surface area contributed by atoms with Crippen LogP contribution in [0.15, 0.2) is 23.2 Å². The summed E-state index contributed by atoms with van der Waals surface area (Å²) in [6.07, 6.45) is 0. The molecule has 1 saturated heterocycles. The Morgan fingerprint density at radius 1 is 1.23 bits per heavy atom. The van der Waals surface area contributed by atoms with Crippen LogP contribution in [0.3, 0.4) is 0 Å². The molecule has 1 unspecified atom stereocenters. The third-order valence-electron chi connectivity index (χ3n) is 4.77. The molecule has 5 nitrogen and oxygen atoms in total. The topological polar surface area (TPSA) is 42.9 Å². The molecule has 0 aromatic heterocycles. The van der Waals surface area contributed by atoms with E-state index in [1.807, 2.05) is 6.07 Å². The highest BCUT2D eigenvalue weighted by molar-refractivity contribution is 5.79. The van der Waals surface area contributed by atoms with Crippen LogP contribution < -0.4 is 10.6 Å². The average molecular weight is 364 g/mol. The molecule has 0 bridgehead atoms. The molecule has 2 rings (SSSR count). The monoisotopic (exact) mass is 363 g/mol. The van der Waals surface area contributed by atoms with Crippen molar-refractivity contribution >= 4 is 5.96 Å². The number of rotatable bonds is 7. The van der Waals surface area contributed by atoms with Gasteiger partial charge in [-0.05, 0) is 44.0 Å². The molecule has 1 aromatic carbocycles. The Balaban J connectivity index is 1.81. The third kappa shape index (κ3) is 6.92. The first-order valence-corrected chi connectivity index (χ1v) is 9.66. The van der Waals surface area contributed by atoms with Crippen molar-refractivity contribution < 1.29 is 4.39 Å². The van der Waals surface area contributed by atoms with Crippen LogP contribution in [-0.2, 0) is 6.54 Å². The van der Waals surface area contributed by atoms with Gasteiger partial charge in [0.25, 0.3) is 0 Å². The lowest BCUT2D eigenvalue weighted by Gasteiger charge is -2.34. The maximum Gasteiger partial charge on any atom is 0.191 e. The van der Waals surface area contributed by atoms with Crippen molar-refractivity contribution in [1.29, 1.82) is 0 Å². The van der Waals surface area contributed by atoms with Crippen molar-refractivity contribution in [3.63, 3.8) is 0 Å². The van der Waals surface area contributed by atoms with Gasteiger partial charge in [-0.1, -0.05) is 19.1 Å². The molecule has 0 amide bonds. The minimum absolute atomic E-state index is 0.166. The zero-order valence-electron chi connectivity index (χ0n) is 16.7. The normalized spacial score (nSPS) is 18.0. The molecular formula is C20H34FN5. The van der Waals surface area contributed by atoms with Gasteiger partial charge in [0.05, 0.1) is 6.54 Å². The van der Waals surface area contributed by atoms with Crippen LogP contribution in [0.25, 0.3) is 0 Å². The zero-order valence-corrected chi connectivity index (χ0v) is 16.7. The van der Waals surface area contributed by atoms with Gasteiger partial charge < -0.3 is 20.4 Å². The van der Waals surface area contributed by atoms with Gasteiger partial charge >= 0.3 is 0 Å². The summed E-state index contributed by atoms with van der Waals surface area (Å²) >= 11 is 0. The van der Waals surface area contributed by atoms with Crippen molar-refractivity contribution in [3.05, 3.63) is 35.1 Å². The second-order valence-corrected chi connectivity index (χ2v) is 7.37. The lowest BCUT2D eigenvalue weighted by Crippen LogP contribution is -2.47. The summed E-state index contributed by atoms with van der Waals surface area (Å²) in [5.41, 5.74) is 1.68. The second-order valence-electron chi connectivity index (χ2n) is 7.37. The number of nitrogens with one attached hydrogen (secondary N) is 2. The number of halogens is 1. The van der Waals surface area contributed by atoms with E-state index in [4.69, 9.17) is 0 Å². The van der Waals surface area contributed by atoms with E-state index >= 15 is 0 Å². The summed E-state index contributed by atoms with van der Waals surface area (Å²) in [6.45, 7) is 14.1. The highest BCUT2D eigenvalue weighted by atomic mass is 19.1. The van der Waals surface area contributed by atoms with E-state index < -0.39 is 0 Å². The van der Waals surface area contributed by atoms with Crippen molar-refractivity contribution in [2.24, 2.45) is 10.9 Å². The molecule has 0 spiro atoms. The van der Waals surface area contributed by atoms with Crippen molar-refractivity contribution in [2.75, 3.05) is 52.9 Å². The van der Waals surface area contributed by atoms with Crippen LogP contribution in [0.2, 0.25) is 0 Å². The standard InChI is InChI=1S/C20H34FN5/c1-5-22-20(24-14-18-6-7-19(21)17(3)12-18)23-13-16(2)15-26-10-8-25(4)9-11-26/h6-7,12,16H,5,8-11,13-15H2,1-4H3,(H2,22,23,24). The Kier molecular flexibility index (Phi) is 8.32. The molecule has 0 radical (unpaired) electrons. The molecule has 146 valence electrons. The molecule has 1 fully saturated rings. The zero-order chi connectivity index (χ0) is 18.9. The predicted octanol–water partition coefficient (Wildman–Crippen LogP) is 2.07. The van der Waals surface area contributed by atoms with Gasteiger partial charge in [0, 0.05) is 45.8 Å². The van der Waals surface area contributed by atoms with E-state index in [9.17, 15) is 4.39 Å². The summed E-state index contributed by atoms with van der Waals surface area (Å²) in [6, 6.07) is 5.17. The number of nitrogens with zero attached hydrogens (tertiary/aromatic N) is 3. The molecule has 0 aliphatic carbocycles. The smallest absolute Gasteiger partial charge is 0.191 e. The number of likely N-dealkylation sites (N-methyl/N-ethyl adjacent to an activating group) is 1. The van der Waals surface area contributed by atoms with Crippen molar-refractivity contribution in [3.8, 4) is 0 Å². The van der Waals surface area contributed by atoms with Crippen molar-refractivity contribution in [2.45, 2.75) is 27.3 Å². The van der Waals surface area contributed by atoms with Gasteiger partial charge in [-0.15, -0.1) is 0 Å². The van der Waals surface area contributed by atoms with Gasteiger partial charge in [0.2, 0.25) is 0 Å². The maximum absolute atomic E-state index is 13.4. The maximum atomic E-state index is 13.4. The fourth-order valence-corrected chi connectivity index (χ4v) is 3.12. The first kappa shape index (κ1) is 20.6. The molecular weight excluding hydrogens is 329 g/mol. The molecule has 1 heterocycles. The lowest BCUT2D eigenvalue weighted by molar-refractivity contribution is 0.139. The number of hydrogen-bond donors (Lipinski definition) is 2. The number of benzene rings is 1. The lowest BCUT2D eigenvalue weighted by atomic mass is 10.1. The molecule has 1 atom stereocenters. The fraction of sp³-hybridized carbons (Fsp3) is 0.650. The minimum Gasteiger partial charge on any atom is -0.357 e. The highest BCUT2D eigenvalue weighted by Gasteiger charge is 2.16. The van der Waals surface area contributed by atoms with Crippen LogP contribution in [0.1, 0.15) is 25.0 Å². The van der Waals surface area contributed by atoms with E-state index in [1.165, 1.54) is 6.07 Å². The van der Waals surface area contributed by atoms with Crippen molar-refractivity contribution in [1.82, 2.24) is 20.4 Å². The SMILES string of the molecule is CCNC(=NCc1ccc(F)c(C)c1)NCC(C)CN1CCN(C)CC1. The van der Waals surface area contributed by atoms with E-state index in [2.05, 4.69) is 46.3 Å². The minimum atomic E-state index is -0.166. The van der Waals surface area contributed by atoms with Gasteiger partial charge in [-0.25, -0.2) is 9.38 Å². The van der Waals surface area contributed by atoms with Gasteiger partial charge in [-0.3, -0.25) is 0 Å². The van der Waals surface area contributed by atoms with E-state index in [-0.39, 0.29) is 5.82 Å². The summed E-state index contributed by atoms with van der Waals surface area (Å²) in [7, 11) is 2.18. The highest BCUT2D eigenvalue weighted by Crippen LogP contribution is 2.10. The van der Waals surface area contributed by atoms with Crippen LogP contribution in [-0.4, -0.2) is 68.6 Å². The summed E-state index contributed by atoms with van der Waals surface area (Å²) in [5, 5.41) is 6.73. The van der Waals surface area contributed by atoms with Gasteiger partial charge in [0.1, 0.15) is 5.82 Å². The average Bonchev–Trinajstić information content (AvgIpc) is 2.62. The van der Waals surface area contributed by atoms with E-state index in [1.54, 1.807) is 13.0 Å². The molecule has 6 heteroatoms. The Hall–Kier alpha value is -1.66. The first-order valence-electron chi connectivity index (χ1n) is 9.66. The summed E-state index contributed by atoms with van der Waals surface area (Å²) < 4.78 is 13.4. The van der Waals surface area contributed by atoms with Crippen LogP contribution >= 0.6 is 0 Å². The molecule has 1 aliphatic rings. The molecule has 1 aliphatic heterocycles. The third-order valence-corrected chi connectivity index (χ3v) is 4.77. The number of guanidine groups is 1. The first-order chi connectivity index (χ1) is 12.5. The second kappa shape index (κ2) is 10.5. The molecule has 0 saturated carbocycles. The quantitative estimate of drug-likeness (QED) is 0.575. The number of piperazine rings is 1. The van der Waals surface area contributed by atoms with Crippen LogP contribution in [0, 0.1) is 18.7 Å². The number of hydrogen-bond acceptors (Lipinski definition) is 3. The Morgan fingerprint density at radius 2 is 1.96 bits per heavy atom. The fourth-order valence-electron chi connectivity index (χ4n) is 3.12. The molecule has 1 aromatic rings. The van der Waals surface area contributed by atoms with Crippen LogP contribution in [0.4, 0.5) is 4.39 Å². The number of aliphatic imine (C=N–C) groups is 1. The number of aryl methyl sites for hydroxylation is 1. The van der Waals surface area contributed by atoms with E-state index in [0.717, 1.165) is 57.3 Å². The molecule has 26 heavy (non-hydrogen) atoms. The Morgan fingerprint density at radius 3 is 2.62 bits per heavy atom.